The van der Waals surface area contributed by atoms with E-state index in [1.54, 1.807) is 24.2 Å². The third-order valence-corrected chi connectivity index (χ3v) is 7.77. The zero-order valence-corrected chi connectivity index (χ0v) is 25.3. The molecule has 42 heavy (non-hydrogen) atoms. The molecule has 2 aromatic carbocycles. The molecule has 0 unspecified atom stereocenters. The Hall–Kier alpha value is -4.08. The predicted octanol–water partition coefficient (Wildman–Crippen LogP) is 5.38. The van der Waals surface area contributed by atoms with Crippen molar-refractivity contribution in [2.24, 2.45) is 0 Å². The lowest BCUT2D eigenvalue weighted by Crippen LogP contribution is -2.30. The van der Waals surface area contributed by atoms with Gasteiger partial charge in [0.2, 0.25) is 0 Å². The number of nitrogens with zero attached hydrogens (tertiary/aromatic N) is 5. The van der Waals surface area contributed by atoms with E-state index in [1.165, 1.54) is 25.9 Å². The van der Waals surface area contributed by atoms with Crippen molar-refractivity contribution in [3.63, 3.8) is 0 Å². The summed E-state index contributed by atoms with van der Waals surface area (Å²) in [5, 5.41) is 15.4. The van der Waals surface area contributed by atoms with Crippen molar-refractivity contribution < 1.29 is 9.53 Å². The van der Waals surface area contributed by atoms with E-state index in [0.717, 1.165) is 41.0 Å². The molecule has 1 saturated heterocycles. The Morgan fingerprint density at radius 1 is 1.10 bits per heavy atom. The molecular weight excluding hydrogens is 526 g/mol. The summed E-state index contributed by atoms with van der Waals surface area (Å²) >= 11 is 0. The van der Waals surface area contributed by atoms with Gasteiger partial charge in [0.05, 0.1) is 24.7 Å². The average molecular weight is 568 g/mol. The van der Waals surface area contributed by atoms with Gasteiger partial charge in [-0.1, -0.05) is 38.1 Å². The average Bonchev–Trinajstić information content (AvgIpc) is 3.68. The van der Waals surface area contributed by atoms with Crippen LogP contribution in [0.5, 0.6) is 5.75 Å². The first-order valence-electron chi connectivity index (χ1n) is 14.6. The molecule has 9 nitrogen and oxygen atoms in total. The number of anilines is 1. The molecule has 5 rings (SSSR count). The number of methoxy groups -OCH3 is 1. The van der Waals surface area contributed by atoms with Crippen LogP contribution < -0.4 is 15.4 Å². The molecule has 1 aliphatic rings. The molecule has 1 amide bonds. The van der Waals surface area contributed by atoms with Crippen molar-refractivity contribution in [2.75, 3.05) is 38.6 Å². The molecule has 2 N–H and O–H groups in total. The van der Waals surface area contributed by atoms with E-state index in [9.17, 15) is 4.79 Å². The van der Waals surface area contributed by atoms with Crippen LogP contribution in [-0.4, -0.2) is 64.1 Å². The normalized spacial score (nSPS) is 13.8. The standard InChI is InChI=1S/C33H41N7O2/c1-23-10-11-24(18-30(23)40-22-29(37-38-40)25-9-8-12-34-20-25)32(41)36-28-19-27(33(2,3)4)17-26(31(28)42-5)21-35-13-16-39-14-6-7-15-39/h8-12,17-20,22,35H,6-7,13-16,21H2,1-5H3,(H,36,41). The van der Waals surface area contributed by atoms with Crippen LogP contribution >= 0.6 is 0 Å². The first-order valence-corrected chi connectivity index (χ1v) is 14.6. The Kier molecular flexibility index (Phi) is 8.99. The Balaban J connectivity index is 1.38. The summed E-state index contributed by atoms with van der Waals surface area (Å²) in [6.07, 6.45) is 7.90. The first-order chi connectivity index (χ1) is 20.2. The number of carbonyl (C=O) groups excluding carboxylic acids is 1. The van der Waals surface area contributed by atoms with Crippen LogP contribution in [0, 0.1) is 6.92 Å². The van der Waals surface area contributed by atoms with Crippen LogP contribution in [0.4, 0.5) is 5.69 Å². The molecule has 3 heterocycles. The molecule has 0 atom stereocenters. The summed E-state index contributed by atoms with van der Waals surface area (Å²) in [5.74, 6) is 0.455. The van der Waals surface area contributed by atoms with Crippen molar-refractivity contribution >= 4 is 11.6 Å². The Bertz CT molecular complexity index is 1520. The highest BCUT2D eigenvalue weighted by molar-refractivity contribution is 6.05. The van der Waals surface area contributed by atoms with Gasteiger partial charge in [0.15, 0.2) is 0 Å². The van der Waals surface area contributed by atoms with Crippen molar-refractivity contribution in [3.8, 4) is 22.7 Å². The van der Waals surface area contributed by atoms with E-state index in [0.29, 0.717) is 29.2 Å². The summed E-state index contributed by atoms with van der Waals surface area (Å²) in [7, 11) is 1.66. The summed E-state index contributed by atoms with van der Waals surface area (Å²) in [4.78, 5) is 20.3. The number of amides is 1. The number of likely N-dealkylation sites (tertiary alicyclic amines) is 1. The van der Waals surface area contributed by atoms with Gasteiger partial charge in [0.25, 0.3) is 5.91 Å². The van der Waals surface area contributed by atoms with Crippen LogP contribution in [0.25, 0.3) is 16.9 Å². The topological polar surface area (TPSA) is 97.2 Å². The van der Waals surface area contributed by atoms with E-state index in [2.05, 4.69) is 57.7 Å². The van der Waals surface area contributed by atoms with Crippen molar-refractivity contribution in [2.45, 2.75) is 52.5 Å². The Morgan fingerprint density at radius 2 is 1.90 bits per heavy atom. The molecule has 2 aromatic heterocycles. The van der Waals surface area contributed by atoms with Gasteiger partial charge in [-0.05, 0) is 79.7 Å². The van der Waals surface area contributed by atoms with Gasteiger partial charge in [-0.2, -0.15) is 0 Å². The summed E-state index contributed by atoms with van der Waals surface area (Å²) in [6.45, 7) is 13.5. The molecule has 0 aliphatic carbocycles. The zero-order chi connectivity index (χ0) is 29.7. The molecule has 1 fully saturated rings. The lowest BCUT2D eigenvalue weighted by atomic mass is 9.85. The minimum absolute atomic E-state index is 0.105. The van der Waals surface area contributed by atoms with Gasteiger partial charge in [-0.15, -0.1) is 5.10 Å². The number of hydrogen-bond acceptors (Lipinski definition) is 7. The highest BCUT2D eigenvalue weighted by Gasteiger charge is 2.22. The van der Waals surface area contributed by atoms with Crippen LogP contribution in [0.3, 0.4) is 0 Å². The summed E-state index contributed by atoms with van der Waals surface area (Å²) in [6, 6.07) is 13.6. The number of aryl methyl sites for hydroxylation is 1. The third-order valence-electron chi connectivity index (χ3n) is 7.77. The largest absolute Gasteiger partial charge is 0.494 e. The molecule has 1 aliphatic heterocycles. The Labute approximate surface area is 248 Å². The number of benzene rings is 2. The van der Waals surface area contributed by atoms with E-state index in [-0.39, 0.29) is 11.3 Å². The molecular formula is C33H41N7O2. The van der Waals surface area contributed by atoms with Crippen molar-refractivity contribution in [3.05, 3.63) is 83.3 Å². The molecule has 0 bridgehead atoms. The smallest absolute Gasteiger partial charge is 0.255 e. The molecule has 0 saturated carbocycles. The van der Waals surface area contributed by atoms with Crippen molar-refractivity contribution in [1.29, 1.82) is 0 Å². The Morgan fingerprint density at radius 3 is 2.62 bits per heavy atom. The quantitative estimate of drug-likeness (QED) is 0.248. The highest BCUT2D eigenvalue weighted by atomic mass is 16.5. The summed E-state index contributed by atoms with van der Waals surface area (Å²) < 4.78 is 7.57. The first kappa shape index (κ1) is 29.4. The van der Waals surface area contributed by atoms with Crippen LogP contribution in [0.2, 0.25) is 0 Å². The van der Waals surface area contributed by atoms with Crippen LogP contribution in [0.1, 0.15) is 60.7 Å². The monoisotopic (exact) mass is 567 g/mol. The number of aromatic nitrogens is 4. The fraction of sp³-hybridized carbons (Fsp3) is 0.394. The molecule has 4 aromatic rings. The van der Waals surface area contributed by atoms with E-state index < -0.39 is 0 Å². The fourth-order valence-electron chi connectivity index (χ4n) is 5.27. The molecule has 220 valence electrons. The maximum Gasteiger partial charge on any atom is 0.255 e. The predicted molar refractivity (Wildman–Crippen MR) is 166 cm³/mol. The van der Waals surface area contributed by atoms with Gasteiger partial charge in [0, 0.05) is 48.7 Å². The lowest BCUT2D eigenvalue weighted by Gasteiger charge is -2.24. The van der Waals surface area contributed by atoms with Crippen molar-refractivity contribution in [1.82, 2.24) is 30.2 Å². The van der Waals surface area contributed by atoms with Gasteiger partial charge in [0.1, 0.15) is 11.4 Å². The number of pyridine rings is 1. The SMILES string of the molecule is COc1c(CNCCN2CCCC2)cc(C(C)(C)C)cc1NC(=O)c1ccc(C)c(-n2cc(-c3cccnc3)nn2)c1. The van der Waals surface area contributed by atoms with Crippen LogP contribution in [0.15, 0.2) is 61.1 Å². The number of rotatable bonds is 10. The number of hydrogen-bond donors (Lipinski definition) is 2. The second kappa shape index (κ2) is 12.8. The number of carbonyl (C=O) groups is 1. The second-order valence-corrected chi connectivity index (χ2v) is 11.9. The van der Waals surface area contributed by atoms with Gasteiger partial charge < -0.3 is 20.3 Å². The zero-order valence-electron chi connectivity index (χ0n) is 25.3. The number of nitrogens with one attached hydrogen (secondary N) is 2. The maximum atomic E-state index is 13.6. The summed E-state index contributed by atoms with van der Waals surface area (Å²) in [5.41, 5.74) is 6.57. The van der Waals surface area contributed by atoms with Gasteiger partial charge in [-0.25, -0.2) is 4.68 Å². The van der Waals surface area contributed by atoms with Gasteiger partial charge >= 0.3 is 0 Å². The van der Waals surface area contributed by atoms with E-state index in [4.69, 9.17) is 4.74 Å². The lowest BCUT2D eigenvalue weighted by molar-refractivity contribution is 0.102. The van der Waals surface area contributed by atoms with E-state index in [1.807, 2.05) is 49.5 Å². The number of ether oxygens (including phenoxy) is 1. The highest BCUT2D eigenvalue weighted by Crippen LogP contribution is 2.36. The minimum atomic E-state index is -0.221. The second-order valence-electron chi connectivity index (χ2n) is 11.9. The minimum Gasteiger partial charge on any atom is -0.494 e. The van der Waals surface area contributed by atoms with Gasteiger partial charge in [-0.3, -0.25) is 9.78 Å². The molecule has 0 spiro atoms. The van der Waals surface area contributed by atoms with E-state index >= 15 is 0 Å². The fourth-order valence-corrected chi connectivity index (χ4v) is 5.27. The molecule has 9 heteroatoms. The maximum absolute atomic E-state index is 13.6. The third kappa shape index (κ3) is 6.86. The van der Waals surface area contributed by atoms with Crippen LogP contribution in [-0.2, 0) is 12.0 Å². The molecule has 0 radical (unpaired) electrons.